The summed E-state index contributed by atoms with van der Waals surface area (Å²) in [6, 6.07) is 5.93. The molecule has 0 atom stereocenters. The van der Waals surface area contributed by atoms with E-state index in [0.717, 1.165) is 17.2 Å². The normalized spacial score (nSPS) is 11.4. The minimum atomic E-state index is -4.00. The van der Waals surface area contributed by atoms with Crippen molar-refractivity contribution in [1.82, 2.24) is 0 Å². The van der Waals surface area contributed by atoms with Crippen LogP contribution in [-0.4, -0.2) is 8.42 Å². The molecule has 4 nitrogen and oxygen atoms in total. The van der Waals surface area contributed by atoms with Crippen molar-refractivity contribution in [3.8, 4) is 0 Å². The third kappa shape index (κ3) is 3.13. The first kappa shape index (κ1) is 15.2. The van der Waals surface area contributed by atoms with Crippen molar-refractivity contribution in [1.29, 1.82) is 0 Å². The Morgan fingerprint density at radius 1 is 1.05 bits per heavy atom. The maximum Gasteiger partial charge on any atom is 0.262 e. The van der Waals surface area contributed by atoms with E-state index >= 15 is 0 Å². The summed E-state index contributed by atoms with van der Waals surface area (Å²) in [4.78, 5) is -0.0197. The van der Waals surface area contributed by atoms with Gasteiger partial charge in [0, 0.05) is 6.07 Å². The third-order valence-corrected chi connectivity index (χ3v) is 4.46. The Kier molecular flexibility index (Phi) is 3.87. The minimum Gasteiger partial charge on any atom is -0.397 e. The Hall–Kier alpha value is -2.15. The van der Waals surface area contributed by atoms with Gasteiger partial charge in [-0.3, -0.25) is 4.72 Å². The van der Waals surface area contributed by atoms with Crippen LogP contribution in [0.1, 0.15) is 11.1 Å². The highest BCUT2D eigenvalue weighted by molar-refractivity contribution is 7.92. The third-order valence-electron chi connectivity index (χ3n) is 3.11. The van der Waals surface area contributed by atoms with E-state index in [0.29, 0.717) is 6.07 Å². The average Bonchev–Trinajstić information content (AvgIpc) is 2.37. The summed E-state index contributed by atoms with van der Waals surface area (Å²) in [5.74, 6) is -1.95. The fourth-order valence-electron chi connectivity index (χ4n) is 1.78. The molecule has 21 heavy (non-hydrogen) atoms. The van der Waals surface area contributed by atoms with Crippen LogP contribution >= 0.6 is 0 Å². The molecular formula is C14H14F2N2O2S. The topological polar surface area (TPSA) is 72.2 Å². The lowest BCUT2D eigenvalue weighted by molar-refractivity contribution is 0.583. The number of benzene rings is 2. The highest BCUT2D eigenvalue weighted by Crippen LogP contribution is 2.27. The molecule has 0 saturated heterocycles. The Morgan fingerprint density at radius 2 is 1.71 bits per heavy atom. The van der Waals surface area contributed by atoms with Gasteiger partial charge in [0.25, 0.3) is 10.0 Å². The van der Waals surface area contributed by atoms with Crippen LogP contribution in [0, 0.1) is 25.5 Å². The van der Waals surface area contributed by atoms with E-state index in [2.05, 4.69) is 4.72 Å². The molecule has 2 aromatic carbocycles. The van der Waals surface area contributed by atoms with Crippen LogP contribution in [0.25, 0.3) is 0 Å². The number of halogens is 2. The zero-order valence-corrected chi connectivity index (χ0v) is 12.3. The summed E-state index contributed by atoms with van der Waals surface area (Å²) >= 11 is 0. The fraction of sp³-hybridized carbons (Fsp3) is 0.143. The van der Waals surface area contributed by atoms with Crippen LogP contribution in [0.15, 0.2) is 35.2 Å². The molecule has 0 radical (unpaired) electrons. The number of nitrogens with two attached hydrogens (primary N) is 1. The number of anilines is 2. The van der Waals surface area contributed by atoms with Gasteiger partial charge in [0.1, 0.15) is 11.5 Å². The maximum absolute atomic E-state index is 13.7. The monoisotopic (exact) mass is 312 g/mol. The largest absolute Gasteiger partial charge is 0.397 e. The molecule has 0 fully saturated rings. The van der Waals surface area contributed by atoms with Gasteiger partial charge in [-0.15, -0.1) is 0 Å². The summed E-state index contributed by atoms with van der Waals surface area (Å²) in [6.45, 7) is 3.61. The van der Waals surface area contributed by atoms with Crippen LogP contribution in [-0.2, 0) is 10.0 Å². The molecule has 3 N–H and O–H groups in total. The molecule has 0 spiro atoms. The van der Waals surface area contributed by atoms with Gasteiger partial charge in [-0.25, -0.2) is 17.2 Å². The molecule has 0 aliphatic heterocycles. The summed E-state index contributed by atoms with van der Waals surface area (Å²) in [5, 5.41) is 0. The Balaban J connectivity index is 2.44. The summed E-state index contributed by atoms with van der Waals surface area (Å²) < 4.78 is 53.1. The highest BCUT2D eigenvalue weighted by atomic mass is 32.2. The zero-order valence-electron chi connectivity index (χ0n) is 11.4. The molecule has 0 unspecified atom stereocenters. The Labute approximate surface area is 121 Å². The van der Waals surface area contributed by atoms with Crippen LogP contribution in [0.2, 0.25) is 0 Å². The number of sulfonamides is 1. The van der Waals surface area contributed by atoms with Crippen LogP contribution in [0.4, 0.5) is 20.2 Å². The Bertz CT molecular complexity index is 782. The number of nitrogens with one attached hydrogen (secondary N) is 1. The second-order valence-corrected chi connectivity index (χ2v) is 6.39. The SMILES string of the molecule is Cc1ccc(S(=O)(=O)Nc2c(N)cc(F)cc2F)cc1C. The van der Waals surface area contributed by atoms with E-state index in [4.69, 9.17) is 5.73 Å². The van der Waals surface area contributed by atoms with Crippen molar-refractivity contribution in [2.75, 3.05) is 10.5 Å². The number of hydrogen-bond acceptors (Lipinski definition) is 3. The molecule has 0 saturated carbocycles. The Morgan fingerprint density at radius 3 is 2.29 bits per heavy atom. The quantitative estimate of drug-likeness (QED) is 0.856. The fourth-order valence-corrected chi connectivity index (χ4v) is 2.96. The molecule has 2 aromatic rings. The highest BCUT2D eigenvalue weighted by Gasteiger charge is 2.19. The van der Waals surface area contributed by atoms with Gasteiger partial charge in [0.05, 0.1) is 10.6 Å². The molecule has 112 valence electrons. The van der Waals surface area contributed by atoms with Crippen molar-refractivity contribution >= 4 is 21.4 Å². The van der Waals surface area contributed by atoms with Crippen molar-refractivity contribution in [3.63, 3.8) is 0 Å². The molecule has 0 bridgehead atoms. The molecule has 0 aliphatic carbocycles. The van der Waals surface area contributed by atoms with E-state index in [1.54, 1.807) is 13.0 Å². The van der Waals surface area contributed by atoms with Gasteiger partial charge in [-0.05, 0) is 43.2 Å². The van der Waals surface area contributed by atoms with Crippen LogP contribution < -0.4 is 10.5 Å². The molecule has 0 amide bonds. The van der Waals surface area contributed by atoms with Crippen molar-refractivity contribution in [2.45, 2.75) is 18.7 Å². The molecule has 0 heterocycles. The first-order chi connectivity index (χ1) is 9.70. The lowest BCUT2D eigenvalue weighted by Crippen LogP contribution is -2.15. The minimum absolute atomic E-state index is 0.0197. The molecule has 7 heteroatoms. The lowest BCUT2D eigenvalue weighted by Gasteiger charge is -2.12. The number of nitrogen functional groups attached to an aromatic ring is 1. The molecule has 2 rings (SSSR count). The second kappa shape index (κ2) is 5.33. The standard InChI is InChI=1S/C14H14F2N2O2S/c1-8-3-4-11(5-9(8)2)21(19,20)18-14-12(16)6-10(15)7-13(14)17/h3-7,18H,17H2,1-2H3. The maximum atomic E-state index is 13.7. The van der Waals surface area contributed by atoms with E-state index < -0.39 is 27.3 Å². The molecular weight excluding hydrogens is 298 g/mol. The smallest absolute Gasteiger partial charge is 0.262 e. The number of hydrogen-bond donors (Lipinski definition) is 2. The zero-order chi connectivity index (χ0) is 15.8. The summed E-state index contributed by atoms with van der Waals surface area (Å²) in [5.41, 5.74) is 6.39. The lowest BCUT2D eigenvalue weighted by atomic mass is 10.1. The van der Waals surface area contributed by atoms with E-state index in [-0.39, 0.29) is 10.6 Å². The van der Waals surface area contributed by atoms with Crippen molar-refractivity contribution in [2.24, 2.45) is 0 Å². The van der Waals surface area contributed by atoms with Crippen molar-refractivity contribution < 1.29 is 17.2 Å². The first-order valence-corrected chi connectivity index (χ1v) is 7.53. The molecule has 0 aromatic heterocycles. The second-order valence-electron chi connectivity index (χ2n) is 4.70. The predicted molar refractivity (Wildman–Crippen MR) is 77.5 cm³/mol. The van der Waals surface area contributed by atoms with Gasteiger partial charge in [0.2, 0.25) is 0 Å². The van der Waals surface area contributed by atoms with Crippen LogP contribution in [0.5, 0.6) is 0 Å². The van der Waals surface area contributed by atoms with E-state index in [1.807, 2.05) is 6.92 Å². The van der Waals surface area contributed by atoms with Gasteiger partial charge in [-0.1, -0.05) is 6.07 Å². The summed E-state index contributed by atoms with van der Waals surface area (Å²) in [6.07, 6.45) is 0. The predicted octanol–water partition coefficient (Wildman–Crippen LogP) is 2.96. The van der Waals surface area contributed by atoms with Gasteiger partial charge >= 0.3 is 0 Å². The summed E-state index contributed by atoms with van der Waals surface area (Å²) in [7, 11) is -4.00. The number of aryl methyl sites for hydroxylation is 2. The van der Waals surface area contributed by atoms with E-state index in [9.17, 15) is 17.2 Å². The first-order valence-electron chi connectivity index (χ1n) is 6.05. The van der Waals surface area contributed by atoms with Crippen LogP contribution in [0.3, 0.4) is 0 Å². The van der Waals surface area contributed by atoms with Gasteiger partial charge in [0.15, 0.2) is 5.82 Å². The molecule has 0 aliphatic rings. The van der Waals surface area contributed by atoms with E-state index in [1.165, 1.54) is 12.1 Å². The van der Waals surface area contributed by atoms with Crippen molar-refractivity contribution in [3.05, 3.63) is 53.1 Å². The van der Waals surface area contributed by atoms with Gasteiger partial charge < -0.3 is 5.73 Å². The van der Waals surface area contributed by atoms with Gasteiger partial charge in [-0.2, -0.15) is 0 Å². The average molecular weight is 312 g/mol. The number of rotatable bonds is 3.